The van der Waals surface area contributed by atoms with Crippen molar-refractivity contribution in [3.63, 3.8) is 0 Å². The average Bonchev–Trinajstić information content (AvgIpc) is 2.72. The van der Waals surface area contributed by atoms with Crippen LogP contribution in [0.5, 0.6) is 0 Å². The van der Waals surface area contributed by atoms with Crippen LogP contribution in [-0.2, 0) is 14.9 Å². The first-order valence-corrected chi connectivity index (χ1v) is 4.57. The zero-order valence-corrected chi connectivity index (χ0v) is 7.69. The first-order valence-electron chi connectivity index (χ1n) is 4.57. The highest BCUT2D eigenvalue weighted by molar-refractivity contribution is 5.80. The summed E-state index contributed by atoms with van der Waals surface area (Å²) in [6, 6.07) is 0. The lowest BCUT2D eigenvalue weighted by atomic mass is 9.79. The molecule has 2 N–H and O–H groups in total. The van der Waals surface area contributed by atoms with Crippen LogP contribution in [0.25, 0.3) is 0 Å². The predicted octanol–water partition coefficient (Wildman–Crippen LogP) is 0.542. The van der Waals surface area contributed by atoms with Gasteiger partial charge in [0, 0.05) is 25.6 Å². The van der Waals surface area contributed by atoms with Gasteiger partial charge in [0.1, 0.15) is 11.2 Å². The number of imidazole rings is 1. The molecule has 14 heavy (non-hydrogen) atoms. The molecule has 1 fully saturated rings. The van der Waals surface area contributed by atoms with Crippen LogP contribution >= 0.6 is 0 Å². The molecule has 0 radical (unpaired) electrons. The summed E-state index contributed by atoms with van der Waals surface area (Å²) in [4.78, 5) is 18.2. The number of carbonyl (C=O) groups is 1. The topological polar surface area (TPSA) is 75.2 Å². The van der Waals surface area contributed by atoms with E-state index in [9.17, 15) is 9.90 Å². The standard InChI is InChI=1S/C9H12N2O3/c12-8(13)9(1-5-14-6-2-9)7-10-3-4-11-7/h3-4H,1-2,5-6H2,(H,10,11)(H,12,13). The molecule has 2 rings (SSSR count). The third kappa shape index (κ3) is 1.29. The van der Waals surface area contributed by atoms with Crippen molar-refractivity contribution in [1.82, 2.24) is 9.97 Å². The summed E-state index contributed by atoms with van der Waals surface area (Å²) in [5.74, 6) is -0.288. The molecule has 0 unspecified atom stereocenters. The van der Waals surface area contributed by atoms with Crippen LogP contribution in [0.4, 0.5) is 0 Å². The number of H-pyrrole nitrogens is 1. The molecule has 0 atom stereocenters. The van der Waals surface area contributed by atoms with Crippen LogP contribution in [0.2, 0.25) is 0 Å². The summed E-state index contributed by atoms with van der Waals surface area (Å²) in [7, 11) is 0. The molecule has 0 spiro atoms. The van der Waals surface area contributed by atoms with E-state index in [0.717, 1.165) is 0 Å². The van der Waals surface area contributed by atoms with Gasteiger partial charge in [-0.25, -0.2) is 4.98 Å². The number of carboxylic acids is 1. The van der Waals surface area contributed by atoms with Crippen molar-refractivity contribution in [3.05, 3.63) is 18.2 Å². The molecular formula is C9H12N2O3. The van der Waals surface area contributed by atoms with Crippen molar-refractivity contribution in [2.45, 2.75) is 18.3 Å². The zero-order chi connectivity index (χ0) is 10.0. The summed E-state index contributed by atoms with van der Waals surface area (Å²) in [6.07, 6.45) is 4.19. The predicted molar refractivity (Wildman–Crippen MR) is 48.0 cm³/mol. The molecule has 76 valence electrons. The monoisotopic (exact) mass is 196 g/mol. The number of rotatable bonds is 2. The quantitative estimate of drug-likeness (QED) is 0.724. The highest BCUT2D eigenvalue weighted by Gasteiger charge is 2.44. The molecule has 1 saturated heterocycles. The maximum absolute atomic E-state index is 11.3. The fourth-order valence-electron chi connectivity index (χ4n) is 1.80. The Morgan fingerprint density at radius 3 is 2.79 bits per heavy atom. The first kappa shape index (κ1) is 9.21. The van der Waals surface area contributed by atoms with E-state index >= 15 is 0 Å². The SMILES string of the molecule is O=C(O)C1(c2ncc[nH]2)CCOCC1. The molecule has 0 amide bonds. The Hall–Kier alpha value is -1.36. The van der Waals surface area contributed by atoms with E-state index in [1.807, 2.05) is 0 Å². The van der Waals surface area contributed by atoms with Crippen molar-refractivity contribution < 1.29 is 14.6 Å². The smallest absolute Gasteiger partial charge is 0.317 e. The fraction of sp³-hybridized carbons (Fsp3) is 0.556. The van der Waals surface area contributed by atoms with Gasteiger partial charge in [-0.05, 0) is 12.8 Å². The van der Waals surface area contributed by atoms with E-state index in [0.29, 0.717) is 31.9 Å². The van der Waals surface area contributed by atoms with Gasteiger partial charge in [0.2, 0.25) is 0 Å². The van der Waals surface area contributed by atoms with Crippen molar-refractivity contribution in [2.75, 3.05) is 13.2 Å². The van der Waals surface area contributed by atoms with Gasteiger partial charge in [0.25, 0.3) is 0 Å². The number of aliphatic carboxylic acids is 1. The largest absolute Gasteiger partial charge is 0.480 e. The van der Waals surface area contributed by atoms with Crippen molar-refractivity contribution in [3.8, 4) is 0 Å². The van der Waals surface area contributed by atoms with Gasteiger partial charge in [0.05, 0.1) is 0 Å². The highest BCUT2D eigenvalue weighted by atomic mass is 16.5. The van der Waals surface area contributed by atoms with Gasteiger partial charge in [-0.2, -0.15) is 0 Å². The van der Waals surface area contributed by atoms with Gasteiger partial charge in [-0.15, -0.1) is 0 Å². The lowest BCUT2D eigenvalue weighted by molar-refractivity contribution is -0.148. The Balaban J connectivity index is 2.35. The Labute approximate surface area is 81.1 Å². The maximum atomic E-state index is 11.3. The molecule has 1 aromatic heterocycles. The minimum absolute atomic E-state index is 0.479. The lowest BCUT2D eigenvalue weighted by Crippen LogP contribution is -2.42. The Kier molecular flexibility index (Phi) is 2.25. The Morgan fingerprint density at radius 1 is 1.57 bits per heavy atom. The molecule has 1 aromatic rings. The van der Waals surface area contributed by atoms with E-state index in [1.54, 1.807) is 12.4 Å². The summed E-state index contributed by atoms with van der Waals surface area (Å²) in [5, 5.41) is 9.25. The number of nitrogens with one attached hydrogen (secondary N) is 1. The second kappa shape index (κ2) is 3.42. The molecule has 5 heteroatoms. The number of aromatic nitrogens is 2. The van der Waals surface area contributed by atoms with Crippen LogP contribution < -0.4 is 0 Å². The van der Waals surface area contributed by atoms with E-state index in [2.05, 4.69) is 9.97 Å². The molecule has 0 saturated carbocycles. The number of hydrogen-bond donors (Lipinski definition) is 2. The molecule has 1 aliphatic heterocycles. The second-order valence-electron chi connectivity index (χ2n) is 3.44. The summed E-state index contributed by atoms with van der Waals surface area (Å²) < 4.78 is 5.17. The van der Waals surface area contributed by atoms with Crippen molar-refractivity contribution in [1.29, 1.82) is 0 Å². The minimum atomic E-state index is -0.873. The zero-order valence-electron chi connectivity index (χ0n) is 7.69. The average molecular weight is 196 g/mol. The van der Waals surface area contributed by atoms with E-state index in [-0.39, 0.29) is 0 Å². The molecule has 0 aromatic carbocycles. The number of ether oxygens (including phenoxy) is 1. The molecular weight excluding hydrogens is 184 g/mol. The van der Waals surface area contributed by atoms with E-state index < -0.39 is 11.4 Å². The lowest BCUT2D eigenvalue weighted by Gasteiger charge is -2.31. The third-order valence-corrected chi connectivity index (χ3v) is 2.71. The van der Waals surface area contributed by atoms with E-state index in [1.165, 1.54) is 0 Å². The van der Waals surface area contributed by atoms with Crippen molar-refractivity contribution in [2.24, 2.45) is 0 Å². The number of nitrogens with zero attached hydrogens (tertiary/aromatic N) is 1. The van der Waals surface area contributed by atoms with Crippen molar-refractivity contribution >= 4 is 5.97 Å². The number of carboxylic acid groups (broad SMARTS) is 1. The van der Waals surface area contributed by atoms with Gasteiger partial charge in [-0.3, -0.25) is 4.79 Å². The summed E-state index contributed by atoms with van der Waals surface area (Å²) in [6.45, 7) is 0.958. The highest BCUT2D eigenvalue weighted by Crippen LogP contribution is 2.32. The number of hydrogen-bond acceptors (Lipinski definition) is 3. The van der Waals surface area contributed by atoms with Crippen LogP contribution in [0.1, 0.15) is 18.7 Å². The molecule has 0 aliphatic carbocycles. The molecule has 0 bridgehead atoms. The normalized spacial score (nSPS) is 20.6. The van der Waals surface area contributed by atoms with Gasteiger partial charge in [0.15, 0.2) is 0 Å². The Morgan fingerprint density at radius 2 is 2.29 bits per heavy atom. The van der Waals surface area contributed by atoms with E-state index in [4.69, 9.17) is 4.74 Å². The van der Waals surface area contributed by atoms with Crippen LogP contribution in [0, 0.1) is 0 Å². The Bertz CT molecular complexity index is 315. The van der Waals surface area contributed by atoms with Crippen LogP contribution in [0.15, 0.2) is 12.4 Å². The molecule has 2 heterocycles. The fourth-order valence-corrected chi connectivity index (χ4v) is 1.80. The summed E-state index contributed by atoms with van der Waals surface area (Å²) in [5.41, 5.74) is -0.873. The minimum Gasteiger partial charge on any atom is -0.480 e. The molecule has 1 aliphatic rings. The number of aromatic amines is 1. The second-order valence-corrected chi connectivity index (χ2v) is 3.44. The van der Waals surface area contributed by atoms with Gasteiger partial charge < -0.3 is 14.8 Å². The third-order valence-electron chi connectivity index (χ3n) is 2.71. The molecule has 5 nitrogen and oxygen atoms in total. The van der Waals surface area contributed by atoms with Gasteiger partial charge in [-0.1, -0.05) is 0 Å². The van der Waals surface area contributed by atoms with Crippen LogP contribution in [0.3, 0.4) is 0 Å². The first-order chi connectivity index (χ1) is 6.76. The maximum Gasteiger partial charge on any atom is 0.317 e. The summed E-state index contributed by atoms with van der Waals surface area (Å²) >= 11 is 0. The van der Waals surface area contributed by atoms with Gasteiger partial charge >= 0.3 is 5.97 Å². The van der Waals surface area contributed by atoms with Crippen LogP contribution in [-0.4, -0.2) is 34.3 Å².